The Morgan fingerprint density at radius 3 is 2.20 bits per heavy atom. The molecule has 15 heavy (non-hydrogen) atoms. The van der Waals surface area contributed by atoms with Gasteiger partial charge in [0.15, 0.2) is 0 Å². The van der Waals surface area contributed by atoms with Crippen LogP contribution in [0.2, 0.25) is 0 Å². The minimum absolute atomic E-state index is 0.0487. The number of hydrogen-bond acceptors (Lipinski definition) is 6. The summed E-state index contributed by atoms with van der Waals surface area (Å²) in [7, 11) is 0. The maximum absolute atomic E-state index is 11.7. The van der Waals surface area contributed by atoms with Gasteiger partial charge in [-0.2, -0.15) is 0 Å². The number of hydrogen-bond donors (Lipinski definition) is 4. The first-order chi connectivity index (χ1) is 7.15. The zero-order valence-corrected chi connectivity index (χ0v) is 8.30. The van der Waals surface area contributed by atoms with Crippen LogP contribution < -0.4 is 0 Å². The van der Waals surface area contributed by atoms with Gasteiger partial charge >= 0.3 is 0 Å². The molecular weight excluding hydrogens is 204 g/mol. The van der Waals surface area contributed by atoms with Gasteiger partial charge in [0.25, 0.3) is 0 Å². The zero-order valence-electron chi connectivity index (χ0n) is 8.30. The summed E-state index contributed by atoms with van der Waals surface area (Å²) < 4.78 is 5.20. The largest absolute Gasteiger partial charge is 0.396 e. The summed E-state index contributed by atoms with van der Waals surface area (Å²) >= 11 is 0. The van der Waals surface area contributed by atoms with E-state index < -0.39 is 37.3 Å². The van der Waals surface area contributed by atoms with Crippen LogP contribution in [0, 0.1) is 11.8 Å². The number of rotatable bonds is 4. The molecule has 0 aromatic heterocycles. The fourth-order valence-electron chi connectivity index (χ4n) is 1.75. The smallest absolute Gasteiger partial charge is 0.149 e. The van der Waals surface area contributed by atoms with Crippen molar-refractivity contribution in [1.82, 2.24) is 0 Å². The monoisotopic (exact) mass is 220 g/mol. The van der Waals surface area contributed by atoms with Crippen molar-refractivity contribution in [3.8, 4) is 0 Å². The Morgan fingerprint density at radius 1 is 1.20 bits per heavy atom. The normalized spacial score (nSPS) is 30.5. The molecule has 4 N–H and O–H groups in total. The number of Topliss-reactive ketones (excluding diaryl/α,β-unsaturated/α-hetero) is 1. The number of aliphatic hydroxyl groups is 4. The number of carbonyl (C=O) groups is 1. The Balaban J connectivity index is 2.90. The first kappa shape index (κ1) is 12.5. The topological polar surface area (TPSA) is 107 Å². The van der Waals surface area contributed by atoms with Crippen LogP contribution in [0.1, 0.15) is 0 Å². The fraction of sp³-hybridized carbons (Fsp3) is 0.889. The molecule has 0 bridgehead atoms. The average molecular weight is 220 g/mol. The predicted molar refractivity (Wildman–Crippen MR) is 49.0 cm³/mol. The highest BCUT2D eigenvalue weighted by Crippen LogP contribution is 2.30. The van der Waals surface area contributed by atoms with Gasteiger partial charge in [0.05, 0.1) is 44.9 Å². The van der Waals surface area contributed by atoms with Crippen LogP contribution in [0.4, 0.5) is 0 Å². The van der Waals surface area contributed by atoms with Gasteiger partial charge in [0.1, 0.15) is 11.4 Å². The Morgan fingerprint density at radius 2 is 1.80 bits per heavy atom. The second-order valence-electron chi connectivity index (χ2n) is 3.71. The Bertz CT molecular complexity index is 225. The molecule has 0 aromatic carbocycles. The molecule has 0 saturated carbocycles. The molecule has 88 valence electrons. The van der Waals surface area contributed by atoms with E-state index in [4.69, 9.17) is 25.2 Å². The molecule has 1 heterocycles. The van der Waals surface area contributed by atoms with E-state index in [0.717, 1.165) is 0 Å². The molecule has 0 spiro atoms. The van der Waals surface area contributed by atoms with Crippen LogP contribution >= 0.6 is 0 Å². The van der Waals surface area contributed by atoms with Crippen LogP contribution in [0.5, 0.6) is 0 Å². The van der Waals surface area contributed by atoms with Crippen LogP contribution in [0.15, 0.2) is 0 Å². The molecule has 0 amide bonds. The minimum atomic E-state index is -1.42. The standard InChI is InChI=1S/C9H16O6/c10-1-6-3-15-9(4-12,5-13)7(2-11)8(6)14/h6-7,10-13H,1-5H2. The third-order valence-corrected chi connectivity index (χ3v) is 2.89. The molecule has 2 unspecified atom stereocenters. The number of ether oxygens (including phenoxy) is 1. The van der Waals surface area contributed by atoms with Gasteiger partial charge in [-0.15, -0.1) is 0 Å². The average Bonchev–Trinajstić information content (AvgIpc) is 2.28. The van der Waals surface area contributed by atoms with E-state index in [1.807, 2.05) is 0 Å². The third-order valence-electron chi connectivity index (χ3n) is 2.89. The lowest BCUT2D eigenvalue weighted by Gasteiger charge is -2.42. The summed E-state index contributed by atoms with van der Waals surface area (Å²) in [6, 6.07) is 0. The lowest BCUT2D eigenvalue weighted by Crippen LogP contribution is -2.59. The summed E-state index contributed by atoms with van der Waals surface area (Å²) in [6.45, 7) is -2.01. The zero-order chi connectivity index (χ0) is 11.5. The van der Waals surface area contributed by atoms with Crippen molar-refractivity contribution in [2.45, 2.75) is 5.60 Å². The molecule has 2 atom stereocenters. The van der Waals surface area contributed by atoms with E-state index in [1.165, 1.54) is 0 Å². The van der Waals surface area contributed by atoms with Crippen molar-refractivity contribution in [2.75, 3.05) is 33.0 Å². The number of aliphatic hydroxyl groups excluding tert-OH is 4. The number of ketones is 1. The van der Waals surface area contributed by atoms with E-state index in [2.05, 4.69) is 0 Å². The van der Waals surface area contributed by atoms with Crippen LogP contribution in [0.25, 0.3) is 0 Å². The molecule has 0 aliphatic carbocycles. The Hall–Kier alpha value is -0.530. The highest BCUT2D eigenvalue weighted by Gasteiger charge is 2.49. The molecular formula is C9H16O6. The van der Waals surface area contributed by atoms with Crippen LogP contribution in [0.3, 0.4) is 0 Å². The molecule has 6 heteroatoms. The Kier molecular flexibility index (Phi) is 4.18. The third kappa shape index (κ3) is 2.04. The molecule has 1 rings (SSSR count). The summed E-state index contributed by atoms with van der Waals surface area (Å²) in [5, 5.41) is 36.2. The van der Waals surface area contributed by atoms with Crippen molar-refractivity contribution in [3.63, 3.8) is 0 Å². The van der Waals surface area contributed by atoms with E-state index in [-0.39, 0.29) is 19.0 Å². The maximum Gasteiger partial charge on any atom is 0.149 e. The highest BCUT2D eigenvalue weighted by molar-refractivity contribution is 5.85. The van der Waals surface area contributed by atoms with Crippen LogP contribution in [-0.4, -0.2) is 64.8 Å². The second kappa shape index (κ2) is 5.00. The Labute approximate surface area is 87.1 Å². The van der Waals surface area contributed by atoms with E-state index >= 15 is 0 Å². The van der Waals surface area contributed by atoms with E-state index in [0.29, 0.717) is 0 Å². The van der Waals surface area contributed by atoms with E-state index in [1.54, 1.807) is 0 Å². The van der Waals surface area contributed by atoms with Gasteiger partial charge in [-0.05, 0) is 0 Å². The van der Waals surface area contributed by atoms with Crippen molar-refractivity contribution in [3.05, 3.63) is 0 Å². The molecule has 1 aliphatic rings. The van der Waals surface area contributed by atoms with E-state index in [9.17, 15) is 4.79 Å². The first-order valence-corrected chi connectivity index (χ1v) is 4.76. The lowest BCUT2D eigenvalue weighted by molar-refractivity contribution is -0.195. The van der Waals surface area contributed by atoms with Gasteiger partial charge in [-0.3, -0.25) is 4.79 Å². The SMILES string of the molecule is O=C1C(CO)COC(CO)(CO)C1CO. The summed E-state index contributed by atoms with van der Waals surface area (Å²) in [6.07, 6.45) is 0. The van der Waals surface area contributed by atoms with Crippen molar-refractivity contribution in [2.24, 2.45) is 11.8 Å². The van der Waals surface area contributed by atoms with Gasteiger partial charge in [-0.25, -0.2) is 0 Å². The second-order valence-corrected chi connectivity index (χ2v) is 3.71. The molecule has 6 nitrogen and oxygen atoms in total. The summed E-state index contributed by atoms with van der Waals surface area (Å²) in [4.78, 5) is 11.7. The van der Waals surface area contributed by atoms with Gasteiger partial charge < -0.3 is 25.2 Å². The summed E-state index contributed by atoms with van der Waals surface area (Å²) in [5.74, 6) is -2.05. The fourth-order valence-corrected chi connectivity index (χ4v) is 1.75. The highest BCUT2D eigenvalue weighted by atomic mass is 16.5. The van der Waals surface area contributed by atoms with Crippen LogP contribution in [-0.2, 0) is 9.53 Å². The molecule has 0 aromatic rings. The van der Waals surface area contributed by atoms with Crippen molar-refractivity contribution in [1.29, 1.82) is 0 Å². The van der Waals surface area contributed by atoms with Gasteiger partial charge in [0, 0.05) is 0 Å². The molecule has 1 saturated heterocycles. The molecule has 0 radical (unpaired) electrons. The first-order valence-electron chi connectivity index (χ1n) is 4.76. The van der Waals surface area contributed by atoms with Crippen molar-refractivity contribution < 1.29 is 30.0 Å². The summed E-state index contributed by atoms with van der Waals surface area (Å²) in [5.41, 5.74) is -1.42. The quantitative estimate of drug-likeness (QED) is 0.418. The minimum Gasteiger partial charge on any atom is -0.396 e. The predicted octanol–water partition coefficient (Wildman–Crippen LogP) is -2.47. The molecule has 1 aliphatic heterocycles. The van der Waals surface area contributed by atoms with Gasteiger partial charge in [0.2, 0.25) is 0 Å². The maximum atomic E-state index is 11.7. The lowest BCUT2D eigenvalue weighted by atomic mass is 9.78. The molecule has 1 fully saturated rings. The van der Waals surface area contributed by atoms with Gasteiger partial charge in [-0.1, -0.05) is 0 Å². The van der Waals surface area contributed by atoms with Crippen molar-refractivity contribution >= 4 is 5.78 Å². The number of carbonyl (C=O) groups excluding carboxylic acids is 1.